The lowest BCUT2D eigenvalue weighted by Crippen LogP contribution is -2.44. The van der Waals surface area contributed by atoms with Crippen molar-refractivity contribution in [1.82, 2.24) is 14.8 Å². The van der Waals surface area contributed by atoms with Gasteiger partial charge in [0.25, 0.3) is 0 Å². The Bertz CT molecular complexity index is 410. The van der Waals surface area contributed by atoms with Gasteiger partial charge in [-0.15, -0.1) is 11.3 Å². The van der Waals surface area contributed by atoms with Crippen molar-refractivity contribution in [3.63, 3.8) is 0 Å². The van der Waals surface area contributed by atoms with Crippen molar-refractivity contribution in [2.24, 2.45) is 5.92 Å². The zero-order chi connectivity index (χ0) is 13.1. The quantitative estimate of drug-likeness (QED) is 0.826. The second-order valence-corrected chi connectivity index (χ2v) is 6.23. The molecule has 4 nitrogen and oxygen atoms in total. The Labute approximate surface area is 113 Å². The standard InChI is InChI=1S/C13H21N3OS/c1-10-4-6-16(7-5-10)13(17)15(3)8-12-9-18-11(2)14-12/h9-10H,4-8H2,1-3H3. The van der Waals surface area contributed by atoms with E-state index in [1.165, 1.54) is 0 Å². The van der Waals surface area contributed by atoms with Crippen LogP contribution in [0, 0.1) is 12.8 Å². The molecule has 0 radical (unpaired) electrons. The van der Waals surface area contributed by atoms with Gasteiger partial charge in [-0.25, -0.2) is 9.78 Å². The Balaban J connectivity index is 1.88. The normalized spacial score (nSPS) is 16.9. The Morgan fingerprint density at radius 1 is 1.56 bits per heavy atom. The van der Waals surface area contributed by atoms with Gasteiger partial charge in [-0.1, -0.05) is 6.92 Å². The van der Waals surface area contributed by atoms with Crippen LogP contribution in [0.2, 0.25) is 0 Å². The average Bonchev–Trinajstić information content (AvgIpc) is 2.75. The van der Waals surface area contributed by atoms with Crippen LogP contribution in [-0.4, -0.2) is 41.0 Å². The molecule has 2 amide bonds. The lowest BCUT2D eigenvalue weighted by atomic mass is 10.00. The zero-order valence-corrected chi connectivity index (χ0v) is 12.2. The molecule has 1 aromatic rings. The second-order valence-electron chi connectivity index (χ2n) is 5.17. The molecule has 1 saturated heterocycles. The van der Waals surface area contributed by atoms with E-state index in [2.05, 4.69) is 11.9 Å². The third-order valence-electron chi connectivity index (χ3n) is 3.45. The lowest BCUT2D eigenvalue weighted by molar-refractivity contribution is 0.141. The molecule has 0 atom stereocenters. The number of nitrogens with zero attached hydrogens (tertiary/aromatic N) is 3. The van der Waals surface area contributed by atoms with E-state index >= 15 is 0 Å². The largest absolute Gasteiger partial charge is 0.325 e. The number of thiazole rings is 1. The maximum absolute atomic E-state index is 12.2. The Hall–Kier alpha value is -1.10. The molecule has 0 aliphatic carbocycles. The molecule has 2 heterocycles. The van der Waals surface area contributed by atoms with Crippen LogP contribution < -0.4 is 0 Å². The molecule has 0 unspecified atom stereocenters. The van der Waals surface area contributed by atoms with E-state index in [9.17, 15) is 4.79 Å². The van der Waals surface area contributed by atoms with Gasteiger partial charge >= 0.3 is 6.03 Å². The van der Waals surface area contributed by atoms with E-state index in [-0.39, 0.29) is 6.03 Å². The van der Waals surface area contributed by atoms with Crippen molar-refractivity contribution in [1.29, 1.82) is 0 Å². The summed E-state index contributed by atoms with van der Waals surface area (Å²) in [6.45, 7) is 6.63. The number of rotatable bonds is 2. The van der Waals surface area contributed by atoms with Gasteiger partial charge in [0.15, 0.2) is 0 Å². The Kier molecular flexibility index (Phi) is 4.22. The molecular weight excluding hydrogens is 246 g/mol. The molecule has 0 saturated carbocycles. The van der Waals surface area contributed by atoms with Crippen LogP contribution in [0.5, 0.6) is 0 Å². The summed E-state index contributed by atoms with van der Waals surface area (Å²) in [7, 11) is 1.86. The number of carbonyl (C=O) groups is 1. The molecule has 2 rings (SSSR count). The molecule has 1 aromatic heterocycles. The first-order valence-corrected chi connectivity index (χ1v) is 7.35. The SMILES string of the molecule is Cc1nc(CN(C)C(=O)N2CCC(C)CC2)cs1. The first kappa shape index (κ1) is 13.3. The zero-order valence-electron chi connectivity index (χ0n) is 11.3. The molecule has 0 N–H and O–H groups in total. The van der Waals surface area contributed by atoms with Crippen LogP contribution in [0.1, 0.15) is 30.5 Å². The van der Waals surface area contributed by atoms with Crippen molar-refractivity contribution in [2.75, 3.05) is 20.1 Å². The minimum atomic E-state index is 0.132. The van der Waals surface area contributed by atoms with Crippen LogP contribution in [0.3, 0.4) is 0 Å². The summed E-state index contributed by atoms with van der Waals surface area (Å²) in [6.07, 6.45) is 2.24. The number of carbonyl (C=O) groups excluding carboxylic acids is 1. The van der Waals surface area contributed by atoms with Crippen molar-refractivity contribution < 1.29 is 4.79 Å². The first-order valence-electron chi connectivity index (χ1n) is 6.47. The van der Waals surface area contributed by atoms with Crippen molar-refractivity contribution in [3.8, 4) is 0 Å². The van der Waals surface area contributed by atoms with E-state index in [0.29, 0.717) is 6.54 Å². The average molecular weight is 267 g/mol. The number of likely N-dealkylation sites (tertiary alicyclic amines) is 1. The van der Waals surface area contributed by atoms with Crippen LogP contribution in [-0.2, 0) is 6.54 Å². The van der Waals surface area contributed by atoms with E-state index < -0.39 is 0 Å². The predicted octanol–water partition coefficient (Wildman–Crippen LogP) is 2.74. The summed E-state index contributed by atoms with van der Waals surface area (Å²) in [5, 5.41) is 3.08. The Morgan fingerprint density at radius 2 is 2.22 bits per heavy atom. The summed E-state index contributed by atoms with van der Waals surface area (Å²) in [5.74, 6) is 0.751. The van der Waals surface area contributed by atoms with Gasteiger partial charge in [0.1, 0.15) is 0 Å². The minimum Gasteiger partial charge on any atom is -0.325 e. The summed E-state index contributed by atoms with van der Waals surface area (Å²) >= 11 is 1.63. The topological polar surface area (TPSA) is 36.4 Å². The van der Waals surface area contributed by atoms with Crippen molar-refractivity contribution in [2.45, 2.75) is 33.2 Å². The van der Waals surface area contributed by atoms with E-state index in [1.807, 2.05) is 24.3 Å². The lowest BCUT2D eigenvalue weighted by Gasteiger charge is -2.33. The molecule has 0 aromatic carbocycles. The summed E-state index contributed by atoms with van der Waals surface area (Å²) in [6, 6.07) is 0.132. The Morgan fingerprint density at radius 3 is 2.78 bits per heavy atom. The summed E-state index contributed by atoms with van der Waals surface area (Å²) in [5.41, 5.74) is 0.985. The van der Waals surface area contributed by atoms with Gasteiger partial charge in [-0.05, 0) is 25.7 Å². The molecule has 0 bridgehead atoms. The molecular formula is C13H21N3OS. The fourth-order valence-corrected chi connectivity index (χ4v) is 2.84. The first-order chi connectivity index (χ1) is 8.56. The molecule has 5 heteroatoms. The second kappa shape index (κ2) is 5.69. The number of aromatic nitrogens is 1. The fourth-order valence-electron chi connectivity index (χ4n) is 2.23. The van der Waals surface area contributed by atoms with Crippen LogP contribution in [0.15, 0.2) is 5.38 Å². The predicted molar refractivity (Wildman–Crippen MR) is 73.7 cm³/mol. The highest BCUT2D eigenvalue weighted by Gasteiger charge is 2.23. The van der Waals surface area contributed by atoms with Crippen molar-refractivity contribution >= 4 is 17.4 Å². The van der Waals surface area contributed by atoms with Gasteiger partial charge in [0, 0.05) is 25.5 Å². The summed E-state index contributed by atoms with van der Waals surface area (Å²) in [4.78, 5) is 20.4. The minimum absolute atomic E-state index is 0.132. The third-order valence-corrected chi connectivity index (χ3v) is 4.27. The number of urea groups is 1. The van der Waals surface area contributed by atoms with Crippen LogP contribution in [0.25, 0.3) is 0 Å². The number of hydrogen-bond donors (Lipinski definition) is 0. The van der Waals surface area contributed by atoms with Gasteiger partial charge in [0.05, 0.1) is 17.2 Å². The van der Waals surface area contributed by atoms with Crippen molar-refractivity contribution in [3.05, 3.63) is 16.1 Å². The molecule has 0 spiro atoms. The number of hydrogen-bond acceptors (Lipinski definition) is 3. The molecule has 18 heavy (non-hydrogen) atoms. The smallest absolute Gasteiger partial charge is 0.320 e. The molecule has 100 valence electrons. The van der Waals surface area contributed by atoms with Gasteiger partial charge in [0.2, 0.25) is 0 Å². The number of aryl methyl sites for hydroxylation is 1. The monoisotopic (exact) mass is 267 g/mol. The summed E-state index contributed by atoms with van der Waals surface area (Å²) < 4.78 is 0. The van der Waals surface area contributed by atoms with Gasteiger partial charge < -0.3 is 9.80 Å². The van der Waals surface area contributed by atoms with Gasteiger partial charge in [-0.2, -0.15) is 0 Å². The maximum Gasteiger partial charge on any atom is 0.320 e. The molecule has 1 fully saturated rings. The highest BCUT2D eigenvalue weighted by Crippen LogP contribution is 2.18. The maximum atomic E-state index is 12.2. The van der Waals surface area contributed by atoms with Crippen LogP contribution >= 0.6 is 11.3 Å². The van der Waals surface area contributed by atoms with Crippen LogP contribution in [0.4, 0.5) is 4.79 Å². The third kappa shape index (κ3) is 3.22. The highest BCUT2D eigenvalue weighted by atomic mass is 32.1. The van der Waals surface area contributed by atoms with E-state index in [0.717, 1.165) is 42.6 Å². The number of amides is 2. The van der Waals surface area contributed by atoms with E-state index in [4.69, 9.17) is 0 Å². The fraction of sp³-hybridized carbons (Fsp3) is 0.692. The number of piperidine rings is 1. The van der Waals surface area contributed by atoms with E-state index in [1.54, 1.807) is 16.2 Å². The van der Waals surface area contributed by atoms with Gasteiger partial charge in [-0.3, -0.25) is 0 Å². The highest BCUT2D eigenvalue weighted by molar-refractivity contribution is 7.09. The molecule has 1 aliphatic heterocycles. The molecule has 1 aliphatic rings.